The summed E-state index contributed by atoms with van der Waals surface area (Å²) >= 11 is 0. The molecule has 1 aromatic heterocycles. The SMILES string of the molecule is CCCCNc1cc(N2CCC(N)C2)ccn1. The fourth-order valence-electron chi connectivity index (χ4n) is 2.13. The zero-order valence-corrected chi connectivity index (χ0v) is 10.5. The Bertz CT molecular complexity index is 353. The van der Waals surface area contributed by atoms with Gasteiger partial charge in [-0.15, -0.1) is 0 Å². The van der Waals surface area contributed by atoms with E-state index in [-0.39, 0.29) is 0 Å². The monoisotopic (exact) mass is 234 g/mol. The van der Waals surface area contributed by atoms with Gasteiger partial charge < -0.3 is 16.0 Å². The van der Waals surface area contributed by atoms with Crippen LogP contribution in [-0.2, 0) is 0 Å². The Balaban J connectivity index is 1.96. The molecule has 1 fully saturated rings. The largest absolute Gasteiger partial charge is 0.370 e. The molecule has 0 aliphatic carbocycles. The molecule has 1 saturated heterocycles. The van der Waals surface area contributed by atoms with Gasteiger partial charge in [0, 0.05) is 43.6 Å². The van der Waals surface area contributed by atoms with Crippen molar-refractivity contribution in [2.24, 2.45) is 5.73 Å². The van der Waals surface area contributed by atoms with Crippen LogP contribution in [0.15, 0.2) is 18.3 Å². The Kier molecular flexibility index (Phi) is 4.20. The van der Waals surface area contributed by atoms with Gasteiger partial charge in [0.2, 0.25) is 0 Å². The van der Waals surface area contributed by atoms with Crippen molar-refractivity contribution in [1.29, 1.82) is 0 Å². The van der Waals surface area contributed by atoms with Crippen LogP contribution in [0.3, 0.4) is 0 Å². The summed E-state index contributed by atoms with van der Waals surface area (Å²) in [6.45, 7) is 5.20. The number of hydrogen-bond acceptors (Lipinski definition) is 4. The first-order chi connectivity index (χ1) is 8.29. The maximum absolute atomic E-state index is 5.93. The average Bonchev–Trinajstić information content (AvgIpc) is 2.77. The third kappa shape index (κ3) is 3.33. The molecule has 4 heteroatoms. The maximum atomic E-state index is 5.93. The number of anilines is 2. The van der Waals surface area contributed by atoms with Crippen LogP contribution in [0.2, 0.25) is 0 Å². The molecule has 2 rings (SSSR count). The number of unbranched alkanes of at least 4 members (excludes halogenated alkanes) is 1. The van der Waals surface area contributed by atoms with Crippen LogP contribution in [0, 0.1) is 0 Å². The van der Waals surface area contributed by atoms with Crippen molar-refractivity contribution >= 4 is 11.5 Å². The van der Waals surface area contributed by atoms with Crippen LogP contribution in [0.1, 0.15) is 26.2 Å². The molecular formula is C13H22N4. The van der Waals surface area contributed by atoms with E-state index in [1.807, 2.05) is 6.20 Å². The van der Waals surface area contributed by atoms with Crippen molar-refractivity contribution in [3.05, 3.63) is 18.3 Å². The number of pyridine rings is 1. The Hall–Kier alpha value is -1.29. The van der Waals surface area contributed by atoms with Crippen molar-refractivity contribution in [3.63, 3.8) is 0 Å². The smallest absolute Gasteiger partial charge is 0.127 e. The highest BCUT2D eigenvalue weighted by Gasteiger charge is 2.19. The summed E-state index contributed by atoms with van der Waals surface area (Å²) in [7, 11) is 0. The fraction of sp³-hybridized carbons (Fsp3) is 0.615. The van der Waals surface area contributed by atoms with Gasteiger partial charge >= 0.3 is 0 Å². The molecule has 1 aliphatic heterocycles. The Labute approximate surface area is 103 Å². The molecule has 1 aliphatic rings. The number of hydrogen-bond donors (Lipinski definition) is 2. The first-order valence-corrected chi connectivity index (χ1v) is 6.50. The average molecular weight is 234 g/mol. The van der Waals surface area contributed by atoms with Gasteiger partial charge in [0.05, 0.1) is 0 Å². The molecule has 1 unspecified atom stereocenters. The molecule has 0 spiro atoms. The summed E-state index contributed by atoms with van der Waals surface area (Å²) in [6, 6.07) is 4.50. The molecule has 0 amide bonds. The number of nitrogens with zero attached hydrogens (tertiary/aromatic N) is 2. The van der Waals surface area contributed by atoms with Gasteiger partial charge in [-0.3, -0.25) is 0 Å². The van der Waals surface area contributed by atoms with E-state index < -0.39 is 0 Å². The van der Waals surface area contributed by atoms with Crippen molar-refractivity contribution in [2.45, 2.75) is 32.2 Å². The van der Waals surface area contributed by atoms with Crippen molar-refractivity contribution < 1.29 is 0 Å². The lowest BCUT2D eigenvalue weighted by atomic mass is 10.3. The first-order valence-electron chi connectivity index (χ1n) is 6.50. The van der Waals surface area contributed by atoms with Gasteiger partial charge in [-0.25, -0.2) is 4.98 Å². The molecule has 0 saturated carbocycles. The van der Waals surface area contributed by atoms with Crippen molar-refractivity contribution in [3.8, 4) is 0 Å². The molecule has 2 heterocycles. The summed E-state index contributed by atoms with van der Waals surface area (Å²) in [5.74, 6) is 0.969. The summed E-state index contributed by atoms with van der Waals surface area (Å²) in [5, 5.41) is 3.35. The summed E-state index contributed by atoms with van der Waals surface area (Å²) in [5.41, 5.74) is 7.15. The predicted octanol–water partition coefficient (Wildman–Crippen LogP) is 1.83. The number of nitrogens with one attached hydrogen (secondary N) is 1. The van der Waals surface area contributed by atoms with Gasteiger partial charge in [-0.1, -0.05) is 13.3 Å². The van der Waals surface area contributed by atoms with E-state index in [4.69, 9.17) is 5.73 Å². The molecule has 0 bridgehead atoms. The highest BCUT2D eigenvalue weighted by atomic mass is 15.2. The van der Waals surface area contributed by atoms with Crippen molar-refractivity contribution in [2.75, 3.05) is 29.9 Å². The minimum Gasteiger partial charge on any atom is -0.370 e. The van der Waals surface area contributed by atoms with Crippen LogP contribution in [0.5, 0.6) is 0 Å². The molecule has 4 nitrogen and oxygen atoms in total. The second-order valence-electron chi connectivity index (χ2n) is 4.67. The Morgan fingerprint density at radius 3 is 3.18 bits per heavy atom. The Morgan fingerprint density at radius 1 is 1.59 bits per heavy atom. The predicted molar refractivity (Wildman–Crippen MR) is 72.4 cm³/mol. The van der Waals surface area contributed by atoms with Crippen LogP contribution >= 0.6 is 0 Å². The third-order valence-electron chi connectivity index (χ3n) is 3.17. The topological polar surface area (TPSA) is 54.2 Å². The molecule has 94 valence electrons. The fourth-order valence-corrected chi connectivity index (χ4v) is 2.13. The summed E-state index contributed by atoms with van der Waals surface area (Å²) in [6.07, 6.45) is 5.34. The lowest BCUT2D eigenvalue weighted by Crippen LogP contribution is -2.26. The van der Waals surface area contributed by atoms with Gasteiger partial charge in [0.25, 0.3) is 0 Å². The molecule has 0 aromatic carbocycles. The van der Waals surface area contributed by atoms with Crippen molar-refractivity contribution in [1.82, 2.24) is 4.98 Å². The third-order valence-corrected chi connectivity index (χ3v) is 3.17. The van der Waals surface area contributed by atoms with Gasteiger partial charge in [0.15, 0.2) is 0 Å². The van der Waals surface area contributed by atoms with Crippen LogP contribution < -0.4 is 16.0 Å². The van der Waals surface area contributed by atoms with E-state index in [0.717, 1.165) is 31.9 Å². The van der Waals surface area contributed by atoms with E-state index in [2.05, 4.69) is 34.3 Å². The summed E-state index contributed by atoms with van der Waals surface area (Å²) < 4.78 is 0. The highest BCUT2D eigenvalue weighted by molar-refractivity contribution is 5.54. The highest BCUT2D eigenvalue weighted by Crippen LogP contribution is 2.21. The van der Waals surface area contributed by atoms with Gasteiger partial charge in [-0.05, 0) is 18.9 Å². The minimum absolute atomic E-state index is 0.319. The van der Waals surface area contributed by atoms with E-state index in [1.165, 1.54) is 18.5 Å². The number of nitrogens with two attached hydrogens (primary N) is 1. The maximum Gasteiger partial charge on any atom is 0.127 e. The summed E-state index contributed by atoms with van der Waals surface area (Å²) in [4.78, 5) is 6.66. The van der Waals surface area contributed by atoms with E-state index in [1.54, 1.807) is 0 Å². The molecule has 1 atom stereocenters. The van der Waals surface area contributed by atoms with E-state index in [0.29, 0.717) is 6.04 Å². The first kappa shape index (κ1) is 12.2. The molecular weight excluding hydrogens is 212 g/mol. The molecule has 1 aromatic rings. The zero-order chi connectivity index (χ0) is 12.1. The number of aromatic nitrogens is 1. The Morgan fingerprint density at radius 2 is 2.47 bits per heavy atom. The molecule has 3 N–H and O–H groups in total. The second-order valence-corrected chi connectivity index (χ2v) is 4.67. The lowest BCUT2D eigenvalue weighted by molar-refractivity contribution is 0.752. The molecule has 17 heavy (non-hydrogen) atoms. The standard InChI is InChI=1S/C13H22N4/c1-2-3-6-15-13-9-12(4-7-16-13)17-8-5-11(14)10-17/h4,7,9,11H,2-3,5-6,8,10,14H2,1H3,(H,15,16). The zero-order valence-electron chi connectivity index (χ0n) is 10.5. The van der Waals surface area contributed by atoms with Crippen LogP contribution in [0.25, 0.3) is 0 Å². The van der Waals surface area contributed by atoms with Gasteiger partial charge in [0.1, 0.15) is 5.82 Å². The van der Waals surface area contributed by atoms with E-state index in [9.17, 15) is 0 Å². The van der Waals surface area contributed by atoms with Gasteiger partial charge in [-0.2, -0.15) is 0 Å². The van der Waals surface area contributed by atoms with E-state index >= 15 is 0 Å². The number of rotatable bonds is 5. The quantitative estimate of drug-likeness (QED) is 0.763. The molecule has 0 radical (unpaired) electrons. The lowest BCUT2D eigenvalue weighted by Gasteiger charge is -2.18. The van der Waals surface area contributed by atoms with Crippen LogP contribution in [0.4, 0.5) is 11.5 Å². The van der Waals surface area contributed by atoms with Crippen LogP contribution in [-0.4, -0.2) is 30.7 Å². The minimum atomic E-state index is 0.319. The second kappa shape index (κ2) is 5.87. The normalized spacial score (nSPS) is 19.6.